The molecule has 1 aliphatic heterocycles. The summed E-state index contributed by atoms with van der Waals surface area (Å²) in [4.78, 5) is 22.5. The maximum absolute atomic E-state index is 10.7. The van der Waals surface area contributed by atoms with E-state index >= 15 is 0 Å². The van der Waals surface area contributed by atoms with E-state index in [2.05, 4.69) is 28.7 Å². The lowest BCUT2D eigenvalue weighted by Gasteiger charge is -2.37. The van der Waals surface area contributed by atoms with Crippen molar-refractivity contribution in [2.75, 3.05) is 6.54 Å². The Morgan fingerprint density at radius 3 is 2.86 bits per heavy atom. The van der Waals surface area contributed by atoms with Crippen LogP contribution in [0.3, 0.4) is 0 Å². The van der Waals surface area contributed by atoms with Gasteiger partial charge in [-0.25, -0.2) is 9.97 Å². The van der Waals surface area contributed by atoms with Crippen LogP contribution >= 0.6 is 0 Å². The predicted molar refractivity (Wildman–Crippen MR) is 81.2 cm³/mol. The second-order valence-electron chi connectivity index (χ2n) is 6.10. The number of rotatable bonds is 5. The van der Waals surface area contributed by atoms with Gasteiger partial charge in [0.15, 0.2) is 0 Å². The summed E-state index contributed by atoms with van der Waals surface area (Å²) in [5.41, 5.74) is 1.77. The van der Waals surface area contributed by atoms with Crippen molar-refractivity contribution in [2.24, 2.45) is 0 Å². The van der Waals surface area contributed by atoms with Gasteiger partial charge in [0.25, 0.3) is 0 Å². The Morgan fingerprint density at radius 1 is 1.43 bits per heavy atom. The third kappa shape index (κ3) is 4.24. The largest absolute Gasteiger partial charge is 0.481 e. The molecular weight excluding hydrogens is 266 g/mol. The van der Waals surface area contributed by atoms with E-state index in [1.807, 2.05) is 13.0 Å². The fourth-order valence-corrected chi connectivity index (χ4v) is 3.02. The van der Waals surface area contributed by atoms with Crippen molar-refractivity contribution in [1.29, 1.82) is 0 Å². The molecule has 1 aromatic rings. The van der Waals surface area contributed by atoms with E-state index in [9.17, 15) is 4.79 Å². The minimum absolute atomic E-state index is 0.119. The summed E-state index contributed by atoms with van der Waals surface area (Å²) in [6, 6.07) is 2.64. The molecule has 0 bridgehead atoms. The molecule has 0 saturated carbocycles. The highest BCUT2D eigenvalue weighted by atomic mass is 16.4. The van der Waals surface area contributed by atoms with Crippen molar-refractivity contribution in [3.8, 4) is 0 Å². The molecule has 1 aliphatic rings. The Kier molecular flexibility index (Phi) is 5.28. The third-order valence-electron chi connectivity index (χ3n) is 4.03. The van der Waals surface area contributed by atoms with Crippen LogP contribution in [0.2, 0.25) is 0 Å². The number of piperidine rings is 1. The van der Waals surface area contributed by atoms with Crippen molar-refractivity contribution in [3.63, 3.8) is 0 Å². The number of aromatic nitrogens is 2. The minimum Gasteiger partial charge on any atom is -0.481 e. The maximum atomic E-state index is 10.7. The van der Waals surface area contributed by atoms with Crippen molar-refractivity contribution in [1.82, 2.24) is 14.9 Å². The number of nitrogens with zero attached hydrogens (tertiary/aromatic N) is 3. The van der Waals surface area contributed by atoms with Gasteiger partial charge < -0.3 is 5.11 Å². The summed E-state index contributed by atoms with van der Waals surface area (Å²) >= 11 is 0. The lowest BCUT2D eigenvalue weighted by atomic mass is 9.99. The zero-order valence-corrected chi connectivity index (χ0v) is 13.2. The molecule has 0 radical (unpaired) electrons. The van der Waals surface area contributed by atoms with E-state index in [0.717, 1.165) is 30.2 Å². The van der Waals surface area contributed by atoms with Gasteiger partial charge in [-0.15, -0.1) is 0 Å². The molecule has 0 amide bonds. The molecule has 2 heterocycles. The van der Waals surface area contributed by atoms with Gasteiger partial charge in [0.2, 0.25) is 0 Å². The maximum Gasteiger partial charge on any atom is 0.303 e. The molecule has 1 aromatic heterocycles. The quantitative estimate of drug-likeness (QED) is 0.903. The van der Waals surface area contributed by atoms with Crippen LogP contribution in [0, 0.1) is 6.92 Å². The lowest BCUT2D eigenvalue weighted by molar-refractivity contribution is -0.136. The molecule has 1 atom stereocenters. The Bertz CT molecular complexity index is 502. The van der Waals surface area contributed by atoms with E-state index in [0.29, 0.717) is 12.5 Å². The normalized spacial score (nSPS) is 19.9. The molecule has 2 rings (SSSR count). The first kappa shape index (κ1) is 15.9. The van der Waals surface area contributed by atoms with E-state index in [4.69, 9.17) is 5.11 Å². The first-order valence-electron chi connectivity index (χ1n) is 7.79. The molecule has 0 aromatic carbocycles. The number of aryl methyl sites for hydroxylation is 2. The number of aliphatic carboxylic acids is 1. The molecule has 1 N–H and O–H groups in total. The standard InChI is InChI=1S/C16H25N3O2/c1-11(2)19-9-5-4-6-14(19)16-17-12(3)10-13(18-16)7-8-15(20)21/h10-11,14H,4-9H2,1-3H3,(H,20,21)/t14-/m1/s1. The number of carbonyl (C=O) groups is 1. The summed E-state index contributed by atoms with van der Waals surface area (Å²) in [5.74, 6) is 0.0816. The third-order valence-corrected chi connectivity index (χ3v) is 4.03. The van der Waals surface area contributed by atoms with Crippen LogP contribution in [0.4, 0.5) is 0 Å². The minimum atomic E-state index is -0.783. The van der Waals surface area contributed by atoms with Crippen LogP contribution in [0.25, 0.3) is 0 Å². The van der Waals surface area contributed by atoms with Gasteiger partial charge in [0.1, 0.15) is 5.82 Å². The second kappa shape index (κ2) is 6.98. The van der Waals surface area contributed by atoms with Crippen molar-refractivity contribution < 1.29 is 9.90 Å². The molecule has 0 spiro atoms. The first-order chi connectivity index (χ1) is 9.97. The number of hydrogen-bond donors (Lipinski definition) is 1. The number of carboxylic acid groups (broad SMARTS) is 1. The topological polar surface area (TPSA) is 66.3 Å². The summed E-state index contributed by atoms with van der Waals surface area (Å²) < 4.78 is 0. The van der Waals surface area contributed by atoms with Gasteiger partial charge in [-0.05, 0) is 46.2 Å². The van der Waals surface area contributed by atoms with Crippen LogP contribution in [-0.2, 0) is 11.2 Å². The first-order valence-corrected chi connectivity index (χ1v) is 7.79. The van der Waals surface area contributed by atoms with Crippen molar-refractivity contribution >= 4 is 5.97 Å². The second-order valence-corrected chi connectivity index (χ2v) is 6.10. The van der Waals surface area contributed by atoms with Gasteiger partial charge in [0.05, 0.1) is 12.5 Å². The zero-order chi connectivity index (χ0) is 15.4. The Labute approximate surface area is 126 Å². The summed E-state index contributed by atoms with van der Waals surface area (Å²) in [7, 11) is 0. The van der Waals surface area contributed by atoms with E-state index in [1.54, 1.807) is 0 Å². The highest BCUT2D eigenvalue weighted by Gasteiger charge is 2.28. The van der Waals surface area contributed by atoms with Crippen molar-refractivity contribution in [2.45, 2.75) is 65.0 Å². The summed E-state index contributed by atoms with van der Waals surface area (Å²) in [6.07, 6.45) is 4.11. The molecule has 0 unspecified atom stereocenters. The molecule has 1 saturated heterocycles. The van der Waals surface area contributed by atoms with E-state index in [1.165, 1.54) is 12.8 Å². The molecule has 116 valence electrons. The predicted octanol–water partition coefficient (Wildman–Crippen LogP) is 2.74. The molecule has 5 heteroatoms. The molecule has 0 aliphatic carbocycles. The number of likely N-dealkylation sites (tertiary alicyclic amines) is 1. The number of hydrogen-bond acceptors (Lipinski definition) is 4. The van der Waals surface area contributed by atoms with E-state index < -0.39 is 5.97 Å². The average molecular weight is 291 g/mol. The van der Waals surface area contributed by atoms with E-state index in [-0.39, 0.29) is 12.5 Å². The fourth-order valence-electron chi connectivity index (χ4n) is 3.02. The Balaban J connectivity index is 2.22. The van der Waals surface area contributed by atoms with Crippen LogP contribution in [0.5, 0.6) is 0 Å². The van der Waals surface area contributed by atoms with Crippen molar-refractivity contribution in [3.05, 3.63) is 23.3 Å². The van der Waals surface area contributed by atoms with Crippen LogP contribution in [0.15, 0.2) is 6.07 Å². The number of carboxylic acids is 1. The summed E-state index contributed by atoms with van der Waals surface area (Å²) in [5, 5.41) is 8.83. The van der Waals surface area contributed by atoms with Crippen LogP contribution in [-0.4, -0.2) is 38.5 Å². The van der Waals surface area contributed by atoms with Gasteiger partial charge >= 0.3 is 5.97 Å². The fraction of sp³-hybridized carbons (Fsp3) is 0.688. The molecule has 1 fully saturated rings. The Morgan fingerprint density at radius 2 is 2.19 bits per heavy atom. The smallest absolute Gasteiger partial charge is 0.303 e. The monoisotopic (exact) mass is 291 g/mol. The Hall–Kier alpha value is -1.49. The highest BCUT2D eigenvalue weighted by Crippen LogP contribution is 2.30. The molecular formula is C16H25N3O2. The van der Waals surface area contributed by atoms with Crippen LogP contribution < -0.4 is 0 Å². The van der Waals surface area contributed by atoms with Gasteiger partial charge in [0, 0.05) is 23.9 Å². The highest BCUT2D eigenvalue weighted by molar-refractivity contribution is 5.66. The van der Waals surface area contributed by atoms with Crippen LogP contribution in [0.1, 0.15) is 62.8 Å². The zero-order valence-electron chi connectivity index (χ0n) is 13.2. The molecule has 5 nitrogen and oxygen atoms in total. The average Bonchev–Trinajstić information content (AvgIpc) is 2.44. The lowest BCUT2D eigenvalue weighted by Crippen LogP contribution is -2.39. The van der Waals surface area contributed by atoms with Gasteiger partial charge in [-0.2, -0.15) is 0 Å². The molecule has 21 heavy (non-hydrogen) atoms. The van der Waals surface area contributed by atoms with Gasteiger partial charge in [-0.3, -0.25) is 9.69 Å². The summed E-state index contributed by atoms with van der Waals surface area (Å²) in [6.45, 7) is 7.46. The SMILES string of the molecule is Cc1cc(CCC(=O)O)nc([C@H]2CCCCN2C(C)C)n1. The van der Waals surface area contributed by atoms with Gasteiger partial charge in [-0.1, -0.05) is 6.42 Å².